The Bertz CT molecular complexity index is 3300. The van der Waals surface area contributed by atoms with Crippen LogP contribution in [0, 0.1) is 130 Å². The summed E-state index contributed by atoms with van der Waals surface area (Å²) in [5, 5.41) is 89.6. The number of terminal acetylenes is 10. The van der Waals surface area contributed by atoms with Crippen molar-refractivity contribution in [2.45, 2.75) is 233 Å². The number of hydrazine groups is 1. The number of aliphatic carboxylic acids is 1. The molecule has 7 aliphatic heterocycles. The van der Waals surface area contributed by atoms with Crippen LogP contribution in [0.2, 0.25) is 0 Å². The zero-order valence-corrected chi connectivity index (χ0v) is 73.8. The van der Waals surface area contributed by atoms with E-state index in [9.17, 15) is 33.6 Å². The number of carbonyl (C=O) groups is 7. The third-order valence-corrected chi connectivity index (χ3v) is 16.1. The number of hydrogen-bond acceptors (Lipinski definition) is 31. The van der Waals surface area contributed by atoms with Crippen LogP contribution in [0.1, 0.15) is 193 Å². The van der Waals surface area contributed by atoms with Crippen molar-refractivity contribution in [1.29, 1.82) is 0 Å². The number of ether oxygens (including phenoxy) is 7. The molecule has 7 aliphatic rings. The summed E-state index contributed by atoms with van der Waals surface area (Å²) in [6.07, 6.45) is 66.1. The molecule has 0 unspecified atom stereocenters. The number of carboxylic acid groups (broad SMARTS) is 1. The van der Waals surface area contributed by atoms with E-state index in [2.05, 4.69) is 169 Å². The average molecular weight is 1830 g/mol. The maximum Gasteiger partial charge on any atom is 1.00 e. The Morgan fingerprint density at radius 2 is 0.778 bits per heavy atom. The summed E-state index contributed by atoms with van der Waals surface area (Å²) >= 11 is 5.34. The number of esters is 3. The van der Waals surface area contributed by atoms with E-state index >= 15 is 0 Å². The van der Waals surface area contributed by atoms with Crippen molar-refractivity contribution in [3.8, 4) is 123 Å². The molecule has 0 aliphatic carbocycles. The van der Waals surface area contributed by atoms with E-state index < -0.39 is 35.1 Å². The van der Waals surface area contributed by atoms with Gasteiger partial charge in [0.15, 0.2) is 34.2 Å². The van der Waals surface area contributed by atoms with Crippen LogP contribution in [0.25, 0.3) is 4.85 Å². The number of hydrogen-bond donors (Lipinski definition) is 9. The number of rotatable bonds is 40. The number of aliphatic hydroxyl groups is 6. The number of methoxy groups -OCH3 is 3. The number of aliphatic hydroxyl groups excluding tert-OH is 6. The SMILES string of the molecule is C#CCBr.C#CCCC(=O)CC(=O)OC.C#CCCC(=O)CCO.C#CCCC1(CC(=O)OC)OCCO1.C#CCCC1(CCC(=O)O)N=N1.C#CCCC1(CCI)N=N1.C#CCCC1(CCO)N=N1.C#CCCC1(CCO)NN1.C#CCCC1(CCO)OCCO1.COC(=O)CC(C)=O.OCCO.[C-]#[N+]CCC1(CCC#C)N=N1.[Na+].[OH-]. The molecule has 0 bridgehead atoms. The number of nitrogens with zero attached hydrogens (tertiary/aromatic N) is 9. The Morgan fingerprint density at radius 1 is 0.436 bits per heavy atom. The summed E-state index contributed by atoms with van der Waals surface area (Å²) in [6.45, 7) is 10.7. The largest absolute Gasteiger partial charge is 1.00 e. The van der Waals surface area contributed by atoms with Crippen molar-refractivity contribution in [1.82, 2.24) is 10.9 Å². The van der Waals surface area contributed by atoms with Gasteiger partial charge < -0.3 is 79.2 Å². The zero-order valence-electron chi connectivity index (χ0n) is 68.0. The van der Waals surface area contributed by atoms with Gasteiger partial charge >= 0.3 is 53.4 Å². The first-order valence-corrected chi connectivity index (χ1v) is 39.0. The van der Waals surface area contributed by atoms with Crippen LogP contribution in [0.15, 0.2) is 40.9 Å². The van der Waals surface area contributed by atoms with Crippen LogP contribution in [0.3, 0.4) is 0 Å². The van der Waals surface area contributed by atoms with Gasteiger partial charge in [-0.05, 0) is 13.3 Å². The van der Waals surface area contributed by atoms with E-state index in [1.165, 1.54) is 28.3 Å². The van der Waals surface area contributed by atoms with E-state index in [-0.39, 0.29) is 159 Å². The molecule has 642 valence electrons. The van der Waals surface area contributed by atoms with Crippen LogP contribution < -0.4 is 40.4 Å². The zero-order chi connectivity index (χ0) is 88.0. The molecule has 0 saturated carbocycles. The minimum atomic E-state index is -0.848. The smallest absolute Gasteiger partial charge is 0.870 e. The molecule has 7 heterocycles. The quantitative estimate of drug-likeness (QED) is 0.00433. The molecule has 10 N–H and O–H groups in total. The van der Waals surface area contributed by atoms with E-state index in [4.69, 9.17) is 125 Å². The van der Waals surface area contributed by atoms with E-state index in [0.29, 0.717) is 128 Å². The molecular weight excluding hydrogens is 1710 g/mol. The topological polar surface area (TPSA) is 503 Å². The molecule has 36 heteroatoms. The van der Waals surface area contributed by atoms with E-state index in [0.717, 1.165) is 62.2 Å². The Hall–Kier alpha value is -7.93. The third kappa shape index (κ3) is 73.0. The minimum Gasteiger partial charge on any atom is -0.870 e. The summed E-state index contributed by atoms with van der Waals surface area (Å²) in [7, 11) is 3.84. The average Bonchev–Trinajstić information content (AvgIpc) is 1.71. The monoisotopic (exact) mass is 1820 g/mol. The number of Topliss-reactive ketones (excluding diaryl/α,β-unsaturated/α-hetero) is 3. The van der Waals surface area contributed by atoms with E-state index in [1.807, 2.05) is 0 Å². The molecule has 117 heavy (non-hydrogen) atoms. The Labute approximate surface area is 735 Å². The van der Waals surface area contributed by atoms with Crippen LogP contribution in [-0.4, -0.2) is 226 Å². The first-order valence-electron chi connectivity index (χ1n) is 36.3. The fourth-order valence-corrected chi connectivity index (χ4v) is 9.35. The maximum atomic E-state index is 11.1. The summed E-state index contributed by atoms with van der Waals surface area (Å²) in [6, 6.07) is 0. The fourth-order valence-electron chi connectivity index (χ4n) is 8.48. The molecule has 0 atom stereocenters. The summed E-state index contributed by atoms with van der Waals surface area (Å²) in [5.41, 5.74) is 4.88. The van der Waals surface area contributed by atoms with Crippen molar-refractivity contribution < 1.29 is 137 Å². The molecule has 0 radical (unpaired) electrons. The first kappa shape index (κ1) is 122. The van der Waals surface area contributed by atoms with Crippen LogP contribution >= 0.6 is 38.5 Å². The van der Waals surface area contributed by atoms with Gasteiger partial charge in [0.2, 0.25) is 6.54 Å². The van der Waals surface area contributed by atoms with Crippen LogP contribution in [0.4, 0.5) is 0 Å². The van der Waals surface area contributed by atoms with Crippen molar-refractivity contribution in [3.63, 3.8) is 0 Å². The molecule has 7 rings (SSSR count). The normalized spacial score (nSPS) is 15.0. The van der Waals surface area contributed by atoms with Gasteiger partial charge in [-0.2, -0.15) is 40.9 Å². The number of ketones is 3. The predicted octanol–water partition coefficient (Wildman–Crippen LogP) is 5.28. The van der Waals surface area contributed by atoms with Gasteiger partial charge in [0, 0.05) is 185 Å². The molecule has 3 fully saturated rings. The predicted molar refractivity (Wildman–Crippen MR) is 444 cm³/mol. The van der Waals surface area contributed by atoms with Crippen LogP contribution in [0.5, 0.6) is 0 Å². The third-order valence-electron chi connectivity index (χ3n) is 15.2. The first-order chi connectivity index (χ1) is 55.1. The van der Waals surface area contributed by atoms with Crippen molar-refractivity contribution in [3.05, 3.63) is 11.4 Å². The van der Waals surface area contributed by atoms with Crippen molar-refractivity contribution in [2.75, 3.05) is 104 Å². The van der Waals surface area contributed by atoms with Crippen molar-refractivity contribution >= 4 is 79.7 Å². The second kappa shape index (κ2) is 79.2. The summed E-state index contributed by atoms with van der Waals surface area (Å²) in [5.74, 6) is 20.9. The number of alkyl halides is 2. The second-order valence-electron chi connectivity index (χ2n) is 24.3. The van der Waals surface area contributed by atoms with Crippen LogP contribution in [-0.2, 0) is 66.7 Å². The molecule has 0 aromatic heterocycles. The van der Waals surface area contributed by atoms with Crippen molar-refractivity contribution in [2.24, 2.45) is 40.9 Å². The van der Waals surface area contributed by atoms with Gasteiger partial charge in [-0.15, -0.1) is 118 Å². The summed E-state index contributed by atoms with van der Waals surface area (Å²) in [4.78, 5) is 76.7. The molecule has 0 aromatic rings. The number of carboxylic acids is 1. The van der Waals surface area contributed by atoms with E-state index in [1.54, 1.807) is 0 Å². The fraction of sp³-hybridized carbons (Fsp3) is 0.654. The number of carbonyl (C=O) groups excluding carboxylic acids is 6. The maximum absolute atomic E-state index is 11.1. The Balaban J connectivity index is -0.000000228. The molecule has 0 spiro atoms. The van der Waals surface area contributed by atoms with Gasteiger partial charge in [0.1, 0.15) is 30.2 Å². The second-order valence-corrected chi connectivity index (χ2v) is 25.9. The standard InChI is InChI=1S/C10H14O4.C9H14O3.C8H9N3.C8H10N2O2.C8H10O3.C7H9IN2.C7H12N2O.C7H10N2O.C7H10O2.C5H8O3.C3H3Br.C2H6O2.Na.H2O/c1-3-4-5-10(8-9(11)12-2)13-6-7-14-10;1-2-3-4-9(5-6-10)11-7-8-12-9;1-3-4-5-8(10-11-8)6-7-9-2;1-2-3-5-8(9-10-8)6-4-7(11)12;1-3-4-5-7(9)6-8(10)11-2;1-2-3-4-7(5-6-8)9-10-7;2*1-2-3-4-7(5-6-10)8-9-7;1-2-3-4-7(9)5-6-8;1-4(6)3-5(7)8-2;1-2-3-4;3-1-2-4;;/h1H,4-8H2,2H3;1,10H,3-8H2;1H,4-7H2;1H,3-6H2,(H,11,12);1H,4-6H2,2H3;1H,3-6H2;1,8-10H,3-6H2;1,10H,3-6H2;1,8H,3-6H2;3H2,1-2H3;1H,3H2;3-4H,1-2H2;;1H2/q;;;;;;;;;;;;+1;/p-1. The molecular formula is C81H116BrIN11NaO22. The minimum absolute atomic E-state index is 0. The molecule has 0 amide bonds. The number of halogens is 2. The molecule has 0 aromatic carbocycles. The molecule has 33 nitrogen and oxygen atoms in total. The van der Waals surface area contributed by atoms with Gasteiger partial charge in [0.05, 0.1) is 84.8 Å². The van der Waals surface area contributed by atoms with Gasteiger partial charge in [-0.3, -0.25) is 33.6 Å². The molecule has 3 saturated heterocycles. The van der Waals surface area contributed by atoms with Gasteiger partial charge in [-0.25, -0.2) is 17.4 Å². The number of nitrogens with one attached hydrogen (secondary N) is 2. The summed E-state index contributed by atoms with van der Waals surface area (Å²) < 4.78 is 35.8. The van der Waals surface area contributed by atoms with Gasteiger partial charge in [-0.1, -0.05) is 44.4 Å². The Kier molecular flexibility index (Phi) is 82.8. The van der Waals surface area contributed by atoms with Gasteiger partial charge in [0.25, 0.3) is 0 Å². The Morgan fingerprint density at radius 3 is 1.09 bits per heavy atom.